The zero-order valence-corrected chi connectivity index (χ0v) is 15.2. The molecule has 2 aromatic carbocycles. The van der Waals surface area contributed by atoms with Crippen LogP contribution in [0.15, 0.2) is 60.7 Å². The minimum atomic E-state index is -0.656. The van der Waals surface area contributed by atoms with Crippen molar-refractivity contribution in [1.29, 1.82) is 0 Å². The molecule has 2 aromatic rings. The van der Waals surface area contributed by atoms with Crippen LogP contribution in [0, 0.1) is 0 Å². The third-order valence-electron chi connectivity index (χ3n) is 4.16. The SMILES string of the molecule is CCC[C@@H](N)C(=O)N[C@@H](Cc1ccccc1)C(=O)NCc1ccccc1. The van der Waals surface area contributed by atoms with Crippen molar-refractivity contribution in [3.8, 4) is 0 Å². The van der Waals surface area contributed by atoms with Crippen molar-refractivity contribution in [1.82, 2.24) is 10.6 Å². The van der Waals surface area contributed by atoms with Crippen LogP contribution in [0.1, 0.15) is 30.9 Å². The average Bonchev–Trinajstić information content (AvgIpc) is 2.67. The topological polar surface area (TPSA) is 84.2 Å². The molecule has 0 fully saturated rings. The molecule has 0 aliphatic heterocycles. The quantitative estimate of drug-likeness (QED) is 0.646. The first-order valence-corrected chi connectivity index (χ1v) is 9.01. The number of nitrogens with one attached hydrogen (secondary N) is 2. The van der Waals surface area contributed by atoms with E-state index in [1.165, 1.54) is 0 Å². The zero-order chi connectivity index (χ0) is 18.8. The van der Waals surface area contributed by atoms with E-state index in [1.807, 2.05) is 67.6 Å². The van der Waals surface area contributed by atoms with Gasteiger partial charge in [-0.25, -0.2) is 0 Å². The molecule has 0 aliphatic carbocycles. The summed E-state index contributed by atoms with van der Waals surface area (Å²) >= 11 is 0. The minimum Gasteiger partial charge on any atom is -0.350 e. The summed E-state index contributed by atoms with van der Waals surface area (Å²) in [5.41, 5.74) is 7.88. The Kier molecular flexibility index (Phi) is 7.83. The fourth-order valence-electron chi connectivity index (χ4n) is 2.69. The lowest BCUT2D eigenvalue weighted by molar-refractivity contribution is -0.129. The highest BCUT2D eigenvalue weighted by atomic mass is 16.2. The lowest BCUT2D eigenvalue weighted by Crippen LogP contribution is -2.52. The maximum atomic E-state index is 12.7. The van der Waals surface area contributed by atoms with Crippen molar-refractivity contribution >= 4 is 11.8 Å². The Balaban J connectivity index is 2.03. The zero-order valence-electron chi connectivity index (χ0n) is 15.2. The number of carbonyl (C=O) groups excluding carboxylic acids is 2. The van der Waals surface area contributed by atoms with Gasteiger partial charge in [-0.3, -0.25) is 9.59 Å². The summed E-state index contributed by atoms with van der Waals surface area (Å²) in [6.07, 6.45) is 1.83. The van der Waals surface area contributed by atoms with Crippen LogP contribution in [0.3, 0.4) is 0 Å². The number of hydrogen-bond donors (Lipinski definition) is 3. The molecule has 5 nitrogen and oxygen atoms in total. The minimum absolute atomic E-state index is 0.213. The van der Waals surface area contributed by atoms with Gasteiger partial charge in [0.25, 0.3) is 0 Å². The Morgan fingerprint density at radius 1 is 0.923 bits per heavy atom. The van der Waals surface area contributed by atoms with E-state index in [2.05, 4.69) is 10.6 Å². The van der Waals surface area contributed by atoms with Gasteiger partial charge in [-0.2, -0.15) is 0 Å². The Hall–Kier alpha value is -2.66. The van der Waals surface area contributed by atoms with Gasteiger partial charge in [-0.15, -0.1) is 0 Å². The van der Waals surface area contributed by atoms with Gasteiger partial charge in [-0.1, -0.05) is 74.0 Å². The molecule has 5 heteroatoms. The molecule has 0 unspecified atom stereocenters. The van der Waals surface area contributed by atoms with E-state index in [-0.39, 0.29) is 11.8 Å². The number of carbonyl (C=O) groups is 2. The van der Waals surface area contributed by atoms with Crippen molar-refractivity contribution in [3.05, 3.63) is 71.8 Å². The number of hydrogen-bond acceptors (Lipinski definition) is 3. The monoisotopic (exact) mass is 353 g/mol. The molecular weight excluding hydrogens is 326 g/mol. The molecule has 0 saturated carbocycles. The predicted molar refractivity (Wildman–Crippen MR) is 103 cm³/mol. The second-order valence-corrected chi connectivity index (χ2v) is 6.35. The summed E-state index contributed by atoms with van der Waals surface area (Å²) < 4.78 is 0. The van der Waals surface area contributed by atoms with E-state index in [0.717, 1.165) is 17.5 Å². The van der Waals surface area contributed by atoms with Crippen LogP contribution in [-0.2, 0) is 22.6 Å². The fraction of sp³-hybridized carbons (Fsp3) is 0.333. The number of rotatable bonds is 9. The maximum absolute atomic E-state index is 12.7. The molecule has 2 rings (SSSR count). The van der Waals surface area contributed by atoms with Crippen molar-refractivity contribution in [2.75, 3.05) is 0 Å². The second kappa shape index (κ2) is 10.4. The normalized spacial score (nSPS) is 12.8. The molecule has 26 heavy (non-hydrogen) atoms. The summed E-state index contributed by atoms with van der Waals surface area (Å²) in [4.78, 5) is 25.0. The van der Waals surface area contributed by atoms with Crippen LogP contribution in [0.5, 0.6) is 0 Å². The molecule has 0 radical (unpaired) electrons. The highest BCUT2D eigenvalue weighted by molar-refractivity contribution is 5.89. The third kappa shape index (κ3) is 6.33. The lowest BCUT2D eigenvalue weighted by Gasteiger charge is -2.21. The van der Waals surface area contributed by atoms with Crippen molar-refractivity contribution < 1.29 is 9.59 Å². The molecule has 0 heterocycles. The third-order valence-corrected chi connectivity index (χ3v) is 4.16. The number of amides is 2. The van der Waals surface area contributed by atoms with Crippen LogP contribution in [0.2, 0.25) is 0 Å². The molecule has 2 amide bonds. The summed E-state index contributed by atoms with van der Waals surface area (Å²) in [6.45, 7) is 2.39. The van der Waals surface area contributed by atoms with Gasteiger partial charge in [-0.05, 0) is 17.5 Å². The standard InChI is InChI=1S/C21H27N3O2/c1-2-9-18(22)20(25)24-19(14-16-10-5-3-6-11-16)21(26)23-15-17-12-7-4-8-13-17/h3-8,10-13,18-19H,2,9,14-15,22H2,1H3,(H,23,26)(H,24,25)/t18-,19+/m1/s1. The summed E-state index contributed by atoms with van der Waals surface area (Å²) in [6, 6.07) is 18.1. The number of benzene rings is 2. The maximum Gasteiger partial charge on any atom is 0.243 e. The van der Waals surface area contributed by atoms with Crippen LogP contribution in [0.4, 0.5) is 0 Å². The van der Waals surface area contributed by atoms with Crippen LogP contribution in [0.25, 0.3) is 0 Å². The first-order chi connectivity index (χ1) is 12.6. The first-order valence-electron chi connectivity index (χ1n) is 9.01. The van der Waals surface area contributed by atoms with Gasteiger partial charge in [0.1, 0.15) is 6.04 Å². The van der Waals surface area contributed by atoms with Crippen LogP contribution < -0.4 is 16.4 Å². The summed E-state index contributed by atoms with van der Waals surface area (Å²) in [7, 11) is 0. The summed E-state index contributed by atoms with van der Waals surface area (Å²) in [5.74, 6) is -0.502. The lowest BCUT2D eigenvalue weighted by atomic mass is 10.0. The molecule has 0 spiro atoms. The second-order valence-electron chi connectivity index (χ2n) is 6.35. The molecule has 0 bridgehead atoms. The van der Waals surface area contributed by atoms with E-state index in [0.29, 0.717) is 19.4 Å². The van der Waals surface area contributed by atoms with Crippen molar-refractivity contribution in [2.45, 2.75) is 44.8 Å². The van der Waals surface area contributed by atoms with Crippen molar-refractivity contribution in [2.24, 2.45) is 5.73 Å². The summed E-state index contributed by atoms with van der Waals surface area (Å²) in [5, 5.41) is 5.71. The largest absolute Gasteiger partial charge is 0.350 e. The Morgan fingerprint density at radius 2 is 1.50 bits per heavy atom. The highest BCUT2D eigenvalue weighted by Crippen LogP contribution is 2.05. The predicted octanol–water partition coefficient (Wildman–Crippen LogP) is 2.16. The van der Waals surface area contributed by atoms with E-state index in [4.69, 9.17) is 5.73 Å². The van der Waals surface area contributed by atoms with Crippen LogP contribution in [-0.4, -0.2) is 23.9 Å². The molecule has 0 aromatic heterocycles. The average molecular weight is 353 g/mol. The molecule has 0 saturated heterocycles. The molecule has 2 atom stereocenters. The number of nitrogens with two attached hydrogens (primary N) is 1. The first kappa shape index (κ1) is 19.7. The van der Waals surface area contributed by atoms with Crippen molar-refractivity contribution in [3.63, 3.8) is 0 Å². The Labute approximate surface area is 155 Å². The van der Waals surface area contributed by atoms with E-state index in [1.54, 1.807) is 0 Å². The van der Waals surface area contributed by atoms with Crippen LogP contribution >= 0.6 is 0 Å². The van der Waals surface area contributed by atoms with Gasteiger partial charge >= 0.3 is 0 Å². The molecule has 138 valence electrons. The molecule has 0 aliphatic rings. The van der Waals surface area contributed by atoms with Gasteiger partial charge in [0.2, 0.25) is 11.8 Å². The van der Waals surface area contributed by atoms with Gasteiger partial charge in [0.15, 0.2) is 0 Å². The highest BCUT2D eigenvalue weighted by Gasteiger charge is 2.23. The van der Waals surface area contributed by atoms with E-state index >= 15 is 0 Å². The Bertz CT molecular complexity index is 689. The molecule has 4 N–H and O–H groups in total. The smallest absolute Gasteiger partial charge is 0.243 e. The Morgan fingerprint density at radius 3 is 2.08 bits per heavy atom. The van der Waals surface area contributed by atoms with E-state index < -0.39 is 12.1 Å². The fourth-order valence-corrected chi connectivity index (χ4v) is 2.69. The van der Waals surface area contributed by atoms with Gasteiger partial charge in [0, 0.05) is 13.0 Å². The molecular formula is C21H27N3O2. The van der Waals surface area contributed by atoms with Gasteiger partial charge < -0.3 is 16.4 Å². The van der Waals surface area contributed by atoms with E-state index in [9.17, 15) is 9.59 Å². The van der Waals surface area contributed by atoms with Gasteiger partial charge in [0.05, 0.1) is 6.04 Å².